The highest BCUT2D eigenvalue weighted by Gasteiger charge is 2.30. The van der Waals surface area contributed by atoms with E-state index in [-0.39, 0.29) is 0 Å². The van der Waals surface area contributed by atoms with Crippen molar-refractivity contribution >= 4 is 33.1 Å². The Morgan fingerprint density at radius 3 is 2.12 bits per heavy atom. The van der Waals surface area contributed by atoms with E-state index in [1.807, 2.05) is 12.1 Å². The Morgan fingerprint density at radius 1 is 0.643 bits per heavy atom. The van der Waals surface area contributed by atoms with E-state index >= 15 is 0 Å². The van der Waals surface area contributed by atoms with E-state index in [0.717, 1.165) is 72.5 Å². The number of fused-ring (bicyclic) bond motifs is 4. The number of rotatable bonds is 4. The molecule has 0 bridgehead atoms. The fourth-order valence-electron chi connectivity index (χ4n) is 5.97. The molecule has 4 heterocycles. The van der Waals surface area contributed by atoms with Crippen LogP contribution >= 0.6 is 0 Å². The highest BCUT2D eigenvalue weighted by Crippen LogP contribution is 2.38. The number of para-hydroxylation sites is 2. The summed E-state index contributed by atoms with van der Waals surface area (Å²) in [4.78, 5) is 13.2. The third-order valence-electron chi connectivity index (χ3n) is 8.03. The van der Waals surface area contributed by atoms with Crippen LogP contribution in [0.3, 0.4) is 0 Å². The van der Waals surface area contributed by atoms with Crippen molar-refractivity contribution in [3.8, 4) is 39.6 Å². The van der Waals surface area contributed by atoms with Crippen molar-refractivity contribution in [2.75, 3.05) is 0 Å². The van der Waals surface area contributed by atoms with E-state index in [0.29, 0.717) is 5.71 Å². The number of benzene rings is 4. The molecule has 0 aliphatic carbocycles. The number of aromatic nitrogens is 5. The van der Waals surface area contributed by atoms with Crippen molar-refractivity contribution < 1.29 is 8.98 Å². The van der Waals surface area contributed by atoms with Crippen LogP contribution in [0.25, 0.3) is 72.7 Å². The molecular weight excluding hydrogens is 518 g/mol. The normalized spacial score (nSPS) is 11.6. The molecule has 8 aromatic rings. The quantitative estimate of drug-likeness (QED) is 0.212. The second-order valence-electron chi connectivity index (χ2n) is 10.5. The summed E-state index contributed by atoms with van der Waals surface area (Å²) in [5.74, 6) is 1.78. The van der Waals surface area contributed by atoms with Crippen molar-refractivity contribution in [1.82, 2.24) is 19.5 Å². The average molecular weight is 545 g/mol. The van der Waals surface area contributed by atoms with Crippen LogP contribution in [0.4, 0.5) is 0 Å². The lowest BCUT2D eigenvalue weighted by atomic mass is 10.0. The summed E-state index contributed by atoms with van der Waals surface area (Å²) < 4.78 is 11.0. The minimum Gasteiger partial charge on any atom is -0.437 e. The lowest BCUT2D eigenvalue weighted by molar-refractivity contribution is -0.633. The first-order valence-corrected chi connectivity index (χ1v) is 13.9. The third kappa shape index (κ3) is 3.73. The lowest BCUT2D eigenvalue weighted by Crippen LogP contribution is -2.30. The minimum atomic E-state index is 0.652. The summed E-state index contributed by atoms with van der Waals surface area (Å²) in [6, 6.07) is 35.8. The van der Waals surface area contributed by atoms with Gasteiger partial charge in [0.05, 0.1) is 7.05 Å². The first kappa shape index (κ1) is 24.2. The highest BCUT2D eigenvalue weighted by molar-refractivity contribution is 6.08. The monoisotopic (exact) mass is 544 g/mol. The third-order valence-corrected chi connectivity index (χ3v) is 8.03. The maximum absolute atomic E-state index is 6.43. The smallest absolute Gasteiger partial charge is 0.298 e. The zero-order valence-corrected chi connectivity index (χ0v) is 23.2. The van der Waals surface area contributed by atoms with Crippen LogP contribution in [0.1, 0.15) is 5.56 Å². The molecule has 0 aliphatic heterocycles. The summed E-state index contributed by atoms with van der Waals surface area (Å²) >= 11 is 0. The number of hydrogen-bond acceptors (Lipinski definition) is 4. The van der Waals surface area contributed by atoms with Crippen LogP contribution in [0.5, 0.6) is 0 Å². The number of furan rings is 1. The van der Waals surface area contributed by atoms with Gasteiger partial charge in [-0.25, -0.2) is 19.5 Å². The molecule has 0 fully saturated rings. The molecule has 0 saturated heterocycles. The van der Waals surface area contributed by atoms with Crippen LogP contribution in [-0.2, 0) is 7.05 Å². The van der Waals surface area contributed by atoms with Gasteiger partial charge in [-0.1, -0.05) is 60.7 Å². The molecule has 4 aromatic heterocycles. The van der Waals surface area contributed by atoms with Gasteiger partial charge in [0.15, 0.2) is 22.4 Å². The highest BCUT2D eigenvalue weighted by atomic mass is 16.3. The summed E-state index contributed by atoms with van der Waals surface area (Å²) in [7, 11) is 2.12. The van der Waals surface area contributed by atoms with E-state index in [9.17, 15) is 0 Å². The van der Waals surface area contributed by atoms with Gasteiger partial charge in [0.25, 0.3) is 5.82 Å². The summed E-state index contributed by atoms with van der Waals surface area (Å²) in [5, 5.41) is 2.09. The molecule has 200 valence electrons. The maximum atomic E-state index is 6.43. The second kappa shape index (κ2) is 9.49. The number of imidazole rings is 1. The molecule has 0 spiro atoms. The Bertz CT molecular complexity index is 2250. The molecule has 6 heteroatoms. The Labute approximate surface area is 242 Å². The molecule has 8 rings (SSSR count). The first-order valence-electron chi connectivity index (χ1n) is 13.9. The predicted octanol–water partition coefficient (Wildman–Crippen LogP) is 7.85. The number of pyridine rings is 1. The second-order valence-corrected chi connectivity index (χ2v) is 10.5. The van der Waals surface area contributed by atoms with Gasteiger partial charge in [0.2, 0.25) is 5.71 Å². The van der Waals surface area contributed by atoms with Gasteiger partial charge in [-0.15, -0.1) is 0 Å². The number of hydrogen-bond donors (Lipinski definition) is 0. The van der Waals surface area contributed by atoms with E-state index in [1.165, 1.54) is 0 Å². The molecule has 0 amide bonds. The van der Waals surface area contributed by atoms with Gasteiger partial charge in [-0.2, -0.15) is 4.57 Å². The molecule has 0 aliphatic rings. The molecular formula is C36H26N5O+. The predicted molar refractivity (Wildman–Crippen MR) is 166 cm³/mol. The average Bonchev–Trinajstić information content (AvgIpc) is 3.57. The van der Waals surface area contributed by atoms with Crippen molar-refractivity contribution in [3.63, 3.8) is 0 Å². The van der Waals surface area contributed by atoms with Crippen LogP contribution in [0.2, 0.25) is 0 Å². The summed E-state index contributed by atoms with van der Waals surface area (Å²) in [5.41, 5.74) is 10.3. The Morgan fingerprint density at radius 2 is 1.33 bits per heavy atom. The maximum Gasteiger partial charge on any atom is 0.298 e. The Kier molecular flexibility index (Phi) is 5.47. The van der Waals surface area contributed by atoms with Crippen molar-refractivity contribution in [2.24, 2.45) is 7.05 Å². The molecule has 0 unspecified atom stereocenters. The van der Waals surface area contributed by atoms with Crippen LogP contribution in [0.15, 0.2) is 126 Å². The van der Waals surface area contributed by atoms with Crippen molar-refractivity contribution in [1.29, 1.82) is 0 Å². The minimum absolute atomic E-state index is 0.652. The molecule has 42 heavy (non-hydrogen) atoms. The van der Waals surface area contributed by atoms with Gasteiger partial charge in [0.1, 0.15) is 11.3 Å². The van der Waals surface area contributed by atoms with Gasteiger partial charge in [0, 0.05) is 34.9 Å². The van der Waals surface area contributed by atoms with Gasteiger partial charge in [-0.05, 0) is 66.1 Å². The summed E-state index contributed by atoms with van der Waals surface area (Å²) in [6.07, 6.45) is 5.31. The topological polar surface area (TPSA) is 60.6 Å². The SMILES string of the molecule is Cc1ccc2c(oc3ncccc32)c1-c1n(-c2ccc(-c3ccc(-c4ncccn4)cc3)cc2)c2ccccc2[n+]1C. The molecule has 6 nitrogen and oxygen atoms in total. The zero-order valence-electron chi connectivity index (χ0n) is 23.2. The van der Waals surface area contributed by atoms with Gasteiger partial charge >= 0.3 is 0 Å². The van der Waals surface area contributed by atoms with E-state index in [1.54, 1.807) is 18.6 Å². The van der Waals surface area contributed by atoms with Gasteiger partial charge < -0.3 is 4.42 Å². The Hall–Kier alpha value is -5.62. The molecule has 0 radical (unpaired) electrons. The van der Waals surface area contributed by atoms with E-state index in [2.05, 4.69) is 129 Å². The molecule has 0 atom stereocenters. The van der Waals surface area contributed by atoms with Gasteiger partial charge in [-0.3, -0.25) is 0 Å². The lowest BCUT2D eigenvalue weighted by Gasteiger charge is -2.08. The van der Waals surface area contributed by atoms with Crippen LogP contribution in [-0.4, -0.2) is 19.5 Å². The molecule has 4 aromatic carbocycles. The fraction of sp³-hybridized carbons (Fsp3) is 0.0556. The van der Waals surface area contributed by atoms with E-state index in [4.69, 9.17) is 4.42 Å². The zero-order chi connectivity index (χ0) is 28.2. The summed E-state index contributed by atoms with van der Waals surface area (Å²) in [6.45, 7) is 2.14. The van der Waals surface area contributed by atoms with Crippen LogP contribution in [0, 0.1) is 6.92 Å². The molecule has 0 N–H and O–H groups in total. The number of aryl methyl sites for hydroxylation is 2. The standard InChI is InChI=1S/C36H26N5O/c1-23-10-19-28-29-7-5-20-39-35(29)42-33(28)32(23)36-40(2)30-8-3-4-9-31(30)41(36)27-17-15-25(16-18-27)24-11-13-26(14-12-24)34-37-21-6-22-38-34/h3-22H,1-2H3/q+1. The van der Waals surface area contributed by atoms with Crippen molar-refractivity contribution in [2.45, 2.75) is 6.92 Å². The van der Waals surface area contributed by atoms with E-state index < -0.39 is 0 Å². The fourth-order valence-corrected chi connectivity index (χ4v) is 5.97. The largest absolute Gasteiger partial charge is 0.437 e. The van der Waals surface area contributed by atoms with Crippen LogP contribution < -0.4 is 4.57 Å². The van der Waals surface area contributed by atoms with Crippen molar-refractivity contribution in [3.05, 3.63) is 127 Å². The molecule has 0 saturated carbocycles. The first-order chi connectivity index (χ1) is 20.7. The number of nitrogens with zero attached hydrogens (tertiary/aromatic N) is 5. The Balaban J connectivity index is 1.29.